The van der Waals surface area contributed by atoms with Crippen LogP contribution >= 0.6 is 11.8 Å². The van der Waals surface area contributed by atoms with Crippen LogP contribution < -0.4 is 5.32 Å². The zero-order chi connectivity index (χ0) is 16.5. The molecule has 0 aliphatic carbocycles. The van der Waals surface area contributed by atoms with Gasteiger partial charge in [0.2, 0.25) is 0 Å². The summed E-state index contributed by atoms with van der Waals surface area (Å²) < 4.78 is 2.12. The summed E-state index contributed by atoms with van der Waals surface area (Å²) in [5.41, 5.74) is 1.06. The van der Waals surface area contributed by atoms with Crippen LogP contribution in [0.1, 0.15) is 19.2 Å². The number of nitrogens with one attached hydrogen (secondary N) is 1. The van der Waals surface area contributed by atoms with Crippen LogP contribution in [0.25, 0.3) is 11.4 Å². The lowest BCUT2D eigenvalue weighted by Gasteiger charge is -2.29. The highest BCUT2D eigenvalue weighted by atomic mass is 32.2. The lowest BCUT2D eigenvalue weighted by Crippen LogP contribution is -2.47. The van der Waals surface area contributed by atoms with E-state index in [-0.39, 0.29) is 12.1 Å². The van der Waals surface area contributed by atoms with E-state index in [2.05, 4.69) is 27.0 Å². The molecular weight excluding hydrogens is 322 g/mol. The van der Waals surface area contributed by atoms with E-state index >= 15 is 0 Å². The number of benzene rings is 1. The predicted octanol–water partition coefficient (Wildman–Crippen LogP) is 2.36. The van der Waals surface area contributed by atoms with Gasteiger partial charge in [0.1, 0.15) is 0 Å². The zero-order valence-corrected chi connectivity index (χ0v) is 14.5. The third-order valence-electron chi connectivity index (χ3n) is 4.60. The van der Waals surface area contributed by atoms with E-state index < -0.39 is 0 Å². The van der Waals surface area contributed by atoms with E-state index in [1.54, 1.807) is 0 Å². The SMILES string of the molecule is CC1CC(NC(=O)N2CCn3c(nnc3-c3ccccc3)C2)CS1. The van der Waals surface area contributed by atoms with E-state index in [4.69, 9.17) is 0 Å². The first-order chi connectivity index (χ1) is 11.7. The Morgan fingerprint density at radius 1 is 1.25 bits per heavy atom. The van der Waals surface area contributed by atoms with Crippen LogP contribution in [0, 0.1) is 0 Å². The molecule has 1 fully saturated rings. The van der Waals surface area contributed by atoms with Gasteiger partial charge in [0.25, 0.3) is 0 Å². The van der Waals surface area contributed by atoms with E-state index in [0.717, 1.165) is 35.9 Å². The normalized spacial score (nSPS) is 23.1. The van der Waals surface area contributed by atoms with E-state index in [1.807, 2.05) is 47.0 Å². The van der Waals surface area contributed by atoms with Crippen molar-refractivity contribution in [3.63, 3.8) is 0 Å². The lowest BCUT2D eigenvalue weighted by atomic mass is 10.2. The summed E-state index contributed by atoms with van der Waals surface area (Å²) in [5, 5.41) is 12.4. The number of hydrogen-bond donors (Lipinski definition) is 1. The highest BCUT2D eigenvalue weighted by Gasteiger charge is 2.28. The van der Waals surface area contributed by atoms with E-state index in [0.29, 0.717) is 18.3 Å². The number of urea groups is 1. The molecular formula is C17H21N5OS. The first-order valence-electron chi connectivity index (χ1n) is 8.35. The molecule has 6 nitrogen and oxygen atoms in total. The van der Waals surface area contributed by atoms with Crippen LogP contribution in [0.15, 0.2) is 30.3 Å². The van der Waals surface area contributed by atoms with Crippen molar-refractivity contribution < 1.29 is 4.79 Å². The largest absolute Gasteiger partial charge is 0.334 e. The van der Waals surface area contributed by atoms with Crippen molar-refractivity contribution >= 4 is 17.8 Å². The van der Waals surface area contributed by atoms with Gasteiger partial charge in [0, 0.05) is 35.7 Å². The minimum absolute atomic E-state index is 0.0187. The van der Waals surface area contributed by atoms with Crippen molar-refractivity contribution in [1.82, 2.24) is 25.0 Å². The standard InChI is InChI=1S/C17H21N5OS/c1-12-9-14(11-24-12)18-17(23)21-7-8-22-15(10-21)19-20-16(22)13-5-3-2-4-6-13/h2-6,12,14H,7-11H2,1H3,(H,18,23). The summed E-state index contributed by atoms with van der Waals surface area (Å²) in [4.78, 5) is 14.3. The number of amides is 2. The summed E-state index contributed by atoms with van der Waals surface area (Å²) >= 11 is 1.92. The molecule has 24 heavy (non-hydrogen) atoms. The fourth-order valence-electron chi connectivity index (χ4n) is 3.32. The van der Waals surface area contributed by atoms with Crippen LogP contribution in [-0.4, -0.2) is 49.3 Å². The molecule has 1 aromatic heterocycles. The minimum atomic E-state index is 0.0187. The monoisotopic (exact) mass is 343 g/mol. The van der Waals surface area contributed by atoms with Crippen LogP contribution in [0.4, 0.5) is 4.79 Å². The van der Waals surface area contributed by atoms with Crippen molar-refractivity contribution in [2.45, 2.75) is 37.7 Å². The van der Waals surface area contributed by atoms with Gasteiger partial charge in [0.05, 0.1) is 6.54 Å². The van der Waals surface area contributed by atoms with E-state index in [9.17, 15) is 4.79 Å². The Bertz CT molecular complexity index is 732. The topological polar surface area (TPSA) is 63.1 Å². The second kappa shape index (κ2) is 6.47. The van der Waals surface area contributed by atoms with Crippen molar-refractivity contribution in [3.8, 4) is 11.4 Å². The third-order valence-corrected chi connectivity index (χ3v) is 5.95. The van der Waals surface area contributed by atoms with Crippen LogP contribution in [0.5, 0.6) is 0 Å². The molecule has 2 atom stereocenters. The Morgan fingerprint density at radius 3 is 2.83 bits per heavy atom. The van der Waals surface area contributed by atoms with Gasteiger partial charge >= 0.3 is 6.03 Å². The van der Waals surface area contributed by atoms with Crippen LogP contribution in [0.3, 0.4) is 0 Å². The molecule has 0 spiro atoms. The van der Waals surface area contributed by atoms with Gasteiger partial charge in [-0.3, -0.25) is 0 Å². The molecule has 1 aromatic carbocycles. The Labute approximate surface area is 145 Å². The number of carbonyl (C=O) groups excluding carboxylic acids is 1. The molecule has 2 aliphatic heterocycles. The first kappa shape index (κ1) is 15.5. The molecule has 2 amide bonds. The van der Waals surface area contributed by atoms with Gasteiger partial charge in [-0.25, -0.2) is 4.79 Å². The van der Waals surface area contributed by atoms with Gasteiger partial charge < -0.3 is 14.8 Å². The highest BCUT2D eigenvalue weighted by Crippen LogP contribution is 2.26. The molecule has 3 heterocycles. The maximum Gasteiger partial charge on any atom is 0.318 e. The maximum atomic E-state index is 12.5. The van der Waals surface area contributed by atoms with E-state index in [1.165, 1.54) is 0 Å². The number of carbonyl (C=O) groups is 1. The summed E-state index contributed by atoms with van der Waals surface area (Å²) in [6, 6.07) is 10.4. The fraction of sp³-hybridized carbons (Fsp3) is 0.471. The Morgan fingerprint density at radius 2 is 2.08 bits per heavy atom. The van der Waals surface area contributed by atoms with Crippen LogP contribution in [-0.2, 0) is 13.1 Å². The van der Waals surface area contributed by atoms with Gasteiger partial charge in [-0.1, -0.05) is 37.3 Å². The van der Waals surface area contributed by atoms with Crippen LogP contribution in [0.2, 0.25) is 0 Å². The van der Waals surface area contributed by atoms with Gasteiger partial charge in [-0.15, -0.1) is 10.2 Å². The smallest absolute Gasteiger partial charge is 0.318 e. The minimum Gasteiger partial charge on any atom is -0.334 e. The molecule has 0 bridgehead atoms. The molecule has 2 aliphatic rings. The van der Waals surface area contributed by atoms with Crippen molar-refractivity contribution in [2.75, 3.05) is 12.3 Å². The van der Waals surface area contributed by atoms with Crippen molar-refractivity contribution in [2.24, 2.45) is 0 Å². The molecule has 7 heteroatoms. The summed E-state index contributed by atoms with van der Waals surface area (Å²) in [6.45, 7) is 4.15. The second-order valence-corrected chi connectivity index (χ2v) is 7.88. The molecule has 0 radical (unpaired) electrons. The maximum absolute atomic E-state index is 12.5. The molecule has 1 N–H and O–H groups in total. The number of fused-ring (bicyclic) bond motifs is 1. The average molecular weight is 343 g/mol. The number of hydrogen-bond acceptors (Lipinski definition) is 4. The third kappa shape index (κ3) is 3.00. The Balaban J connectivity index is 1.45. The number of nitrogens with zero attached hydrogens (tertiary/aromatic N) is 4. The summed E-state index contributed by atoms with van der Waals surface area (Å²) in [5.74, 6) is 2.74. The Hall–Kier alpha value is -2.02. The average Bonchev–Trinajstić information content (AvgIpc) is 3.21. The first-order valence-corrected chi connectivity index (χ1v) is 9.40. The van der Waals surface area contributed by atoms with Gasteiger partial charge in [-0.05, 0) is 6.42 Å². The summed E-state index contributed by atoms with van der Waals surface area (Å²) in [7, 11) is 0. The highest BCUT2D eigenvalue weighted by molar-refractivity contribution is 8.00. The molecule has 2 aromatic rings. The zero-order valence-electron chi connectivity index (χ0n) is 13.7. The van der Waals surface area contributed by atoms with Crippen molar-refractivity contribution in [1.29, 1.82) is 0 Å². The number of rotatable bonds is 2. The number of thioether (sulfide) groups is 1. The lowest BCUT2D eigenvalue weighted by molar-refractivity contribution is 0.179. The number of aromatic nitrogens is 3. The van der Waals surface area contributed by atoms with Crippen molar-refractivity contribution in [3.05, 3.63) is 36.2 Å². The fourth-order valence-corrected chi connectivity index (χ4v) is 4.46. The molecule has 1 saturated heterocycles. The molecule has 126 valence electrons. The molecule has 2 unspecified atom stereocenters. The van der Waals surface area contributed by atoms with Gasteiger partial charge in [-0.2, -0.15) is 11.8 Å². The summed E-state index contributed by atoms with van der Waals surface area (Å²) in [6.07, 6.45) is 1.05. The molecule has 4 rings (SSSR count). The van der Waals surface area contributed by atoms with Gasteiger partial charge in [0.15, 0.2) is 11.6 Å². The quantitative estimate of drug-likeness (QED) is 0.909. The second-order valence-electron chi connectivity index (χ2n) is 6.41. The molecule has 0 saturated carbocycles. The Kier molecular flexibility index (Phi) is 4.18. The predicted molar refractivity (Wildman–Crippen MR) is 94.7 cm³/mol.